The average Bonchev–Trinajstić information content (AvgIpc) is 3.50. The number of nitrogens with one attached hydrogen (secondary N) is 3. The second kappa shape index (κ2) is 7.16. The number of hydrogen-bond acceptors (Lipinski definition) is 6. The molecule has 2 aliphatic rings. The molecule has 0 saturated heterocycles. The van der Waals surface area contributed by atoms with Crippen molar-refractivity contribution in [2.75, 3.05) is 17.7 Å². The van der Waals surface area contributed by atoms with Crippen molar-refractivity contribution >= 4 is 29.3 Å². The molecule has 1 unspecified atom stereocenters. The molecule has 0 spiro atoms. The molecule has 0 radical (unpaired) electrons. The number of hydrogen-bond donors (Lipinski definition) is 3. The number of amides is 2. The van der Waals surface area contributed by atoms with E-state index in [9.17, 15) is 14.4 Å². The summed E-state index contributed by atoms with van der Waals surface area (Å²) in [6, 6.07) is 1.91. The van der Waals surface area contributed by atoms with Gasteiger partial charge in [0.05, 0.1) is 5.56 Å². The van der Waals surface area contributed by atoms with Crippen molar-refractivity contribution in [1.29, 1.82) is 0 Å². The van der Waals surface area contributed by atoms with Crippen LogP contribution < -0.4 is 21.5 Å². The number of aryl methyl sites for hydroxylation is 1. The van der Waals surface area contributed by atoms with Gasteiger partial charge in [0.1, 0.15) is 11.4 Å². The van der Waals surface area contributed by atoms with Gasteiger partial charge in [-0.15, -0.1) is 0 Å². The second-order valence-electron chi connectivity index (χ2n) is 7.35. The number of carbonyl (C=O) groups excluding carboxylic acids is 2. The van der Waals surface area contributed by atoms with Crippen molar-refractivity contribution in [3.05, 3.63) is 51.6 Å². The molecule has 0 bridgehead atoms. The predicted octanol–water partition coefficient (Wildman–Crippen LogP) is 1.45. The third-order valence-electron chi connectivity index (χ3n) is 5.17. The number of carbonyl (C=O) groups is 2. The lowest BCUT2D eigenvalue weighted by Gasteiger charge is -2.13. The van der Waals surface area contributed by atoms with Crippen LogP contribution in [0.2, 0.25) is 0 Å². The highest BCUT2D eigenvalue weighted by molar-refractivity contribution is 6.00. The highest BCUT2D eigenvalue weighted by atomic mass is 16.2. The summed E-state index contributed by atoms with van der Waals surface area (Å²) in [4.78, 5) is 45.5. The number of aromatic nitrogens is 3. The molecular weight excluding hydrogens is 372 g/mol. The summed E-state index contributed by atoms with van der Waals surface area (Å²) in [5, 5.41) is 8.36. The SMILES string of the molecule is CNC(=O)c1cnc(NC(=O)C2CC2)nc1NC1=CC(C)c2ccn(C)c(=O)c21. The fourth-order valence-corrected chi connectivity index (χ4v) is 3.34. The second-order valence-corrected chi connectivity index (χ2v) is 7.35. The molecule has 1 saturated carbocycles. The Bertz CT molecular complexity index is 1100. The van der Waals surface area contributed by atoms with Crippen LogP contribution in [0.1, 0.15) is 47.2 Å². The summed E-state index contributed by atoms with van der Waals surface area (Å²) in [7, 11) is 3.20. The topological polar surface area (TPSA) is 118 Å². The van der Waals surface area contributed by atoms with E-state index in [4.69, 9.17) is 0 Å². The Balaban J connectivity index is 1.71. The fourth-order valence-electron chi connectivity index (χ4n) is 3.34. The molecule has 2 heterocycles. The Hall–Kier alpha value is -3.49. The molecule has 2 aromatic rings. The quantitative estimate of drug-likeness (QED) is 0.707. The predicted molar refractivity (Wildman–Crippen MR) is 108 cm³/mol. The summed E-state index contributed by atoms with van der Waals surface area (Å²) >= 11 is 0. The summed E-state index contributed by atoms with van der Waals surface area (Å²) in [5.74, 6) is -0.118. The number of allylic oxidation sites excluding steroid dienone is 1. The molecule has 4 rings (SSSR count). The van der Waals surface area contributed by atoms with Gasteiger partial charge in [-0.1, -0.05) is 13.0 Å². The van der Waals surface area contributed by atoms with Crippen LogP contribution in [0, 0.1) is 5.92 Å². The maximum atomic E-state index is 12.7. The monoisotopic (exact) mass is 394 g/mol. The Labute approximate surface area is 167 Å². The van der Waals surface area contributed by atoms with Gasteiger partial charge in [-0.3, -0.25) is 19.7 Å². The molecule has 0 aromatic carbocycles. The minimum absolute atomic E-state index is 0.00177. The van der Waals surface area contributed by atoms with E-state index >= 15 is 0 Å². The van der Waals surface area contributed by atoms with Crippen molar-refractivity contribution in [1.82, 2.24) is 19.9 Å². The first-order valence-electron chi connectivity index (χ1n) is 9.47. The maximum Gasteiger partial charge on any atom is 0.259 e. The molecule has 1 fully saturated rings. The Kier molecular flexibility index (Phi) is 4.65. The number of anilines is 2. The van der Waals surface area contributed by atoms with Crippen molar-refractivity contribution in [3.63, 3.8) is 0 Å². The van der Waals surface area contributed by atoms with Crippen LogP contribution in [-0.2, 0) is 11.8 Å². The zero-order valence-corrected chi connectivity index (χ0v) is 16.4. The normalized spacial score (nSPS) is 17.3. The van der Waals surface area contributed by atoms with Crippen LogP contribution >= 0.6 is 0 Å². The zero-order valence-electron chi connectivity index (χ0n) is 16.4. The maximum absolute atomic E-state index is 12.7. The first-order chi connectivity index (χ1) is 13.9. The number of nitrogens with zero attached hydrogens (tertiary/aromatic N) is 3. The molecule has 9 heteroatoms. The lowest BCUT2D eigenvalue weighted by Crippen LogP contribution is -2.24. The van der Waals surface area contributed by atoms with Crippen LogP contribution in [-0.4, -0.2) is 33.4 Å². The summed E-state index contributed by atoms with van der Waals surface area (Å²) in [6.07, 6.45) is 6.74. The van der Waals surface area contributed by atoms with Crippen molar-refractivity contribution in [2.45, 2.75) is 25.7 Å². The van der Waals surface area contributed by atoms with Crippen LogP contribution in [0.4, 0.5) is 11.8 Å². The highest BCUT2D eigenvalue weighted by Gasteiger charge is 2.30. The molecule has 2 amide bonds. The van der Waals surface area contributed by atoms with Gasteiger partial charge in [-0.2, -0.15) is 4.98 Å². The van der Waals surface area contributed by atoms with E-state index in [2.05, 4.69) is 25.9 Å². The highest BCUT2D eigenvalue weighted by Crippen LogP contribution is 2.34. The van der Waals surface area contributed by atoms with E-state index in [0.717, 1.165) is 18.4 Å². The molecule has 150 valence electrons. The van der Waals surface area contributed by atoms with Crippen LogP contribution in [0.25, 0.3) is 5.70 Å². The van der Waals surface area contributed by atoms with Gasteiger partial charge in [-0.25, -0.2) is 4.98 Å². The molecular formula is C20H22N6O3. The van der Waals surface area contributed by atoms with E-state index in [1.807, 2.05) is 19.1 Å². The molecule has 0 aliphatic heterocycles. The van der Waals surface area contributed by atoms with Gasteiger partial charge in [-0.05, 0) is 24.5 Å². The number of rotatable bonds is 5. The lowest BCUT2D eigenvalue weighted by atomic mass is 10.0. The smallest absolute Gasteiger partial charge is 0.259 e. The van der Waals surface area contributed by atoms with E-state index < -0.39 is 0 Å². The molecule has 3 N–H and O–H groups in total. The Morgan fingerprint density at radius 1 is 1.28 bits per heavy atom. The summed E-state index contributed by atoms with van der Waals surface area (Å²) in [5.41, 5.74) is 2.12. The van der Waals surface area contributed by atoms with Crippen molar-refractivity contribution < 1.29 is 9.59 Å². The Morgan fingerprint density at radius 3 is 2.72 bits per heavy atom. The number of pyridine rings is 1. The zero-order chi connectivity index (χ0) is 20.7. The van der Waals surface area contributed by atoms with Gasteiger partial charge < -0.3 is 15.2 Å². The molecule has 2 aromatic heterocycles. The van der Waals surface area contributed by atoms with Crippen LogP contribution in [0.3, 0.4) is 0 Å². The third kappa shape index (κ3) is 3.51. The van der Waals surface area contributed by atoms with Gasteiger partial charge in [0.2, 0.25) is 11.9 Å². The molecule has 29 heavy (non-hydrogen) atoms. The first kappa shape index (κ1) is 18.9. The minimum atomic E-state index is -0.375. The third-order valence-corrected chi connectivity index (χ3v) is 5.17. The number of fused-ring (bicyclic) bond motifs is 1. The van der Waals surface area contributed by atoms with Gasteiger partial charge in [0.25, 0.3) is 11.5 Å². The van der Waals surface area contributed by atoms with Gasteiger partial charge in [0.15, 0.2) is 0 Å². The Morgan fingerprint density at radius 2 is 2.03 bits per heavy atom. The van der Waals surface area contributed by atoms with Crippen molar-refractivity contribution in [3.8, 4) is 0 Å². The molecule has 2 aliphatic carbocycles. The fraction of sp³-hybridized carbons (Fsp3) is 0.350. The van der Waals surface area contributed by atoms with E-state index in [0.29, 0.717) is 11.3 Å². The lowest BCUT2D eigenvalue weighted by molar-refractivity contribution is -0.117. The van der Waals surface area contributed by atoms with Gasteiger partial charge >= 0.3 is 0 Å². The van der Waals surface area contributed by atoms with Crippen molar-refractivity contribution in [2.24, 2.45) is 13.0 Å². The van der Waals surface area contributed by atoms with E-state index in [-0.39, 0.29) is 46.5 Å². The minimum Gasteiger partial charge on any atom is -0.355 e. The van der Waals surface area contributed by atoms with E-state index in [1.54, 1.807) is 13.2 Å². The van der Waals surface area contributed by atoms with Crippen LogP contribution in [0.5, 0.6) is 0 Å². The average molecular weight is 394 g/mol. The molecule has 9 nitrogen and oxygen atoms in total. The largest absolute Gasteiger partial charge is 0.355 e. The van der Waals surface area contributed by atoms with Crippen LogP contribution in [0.15, 0.2) is 29.3 Å². The van der Waals surface area contributed by atoms with Gasteiger partial charge in [0, 0.05) is 44.0 Å². The summed E-state index contributed by atoms with van der Waals surface area (Å²) in [6.45, 7) is 1.99. The summed E-state index contributed by atoms with van der Waals surface area (Å²) < 4.78 is 1.51. The first-order valence-corrected chi connectivity index (χ1v) is 9.47. The standard InChI is InChI=1S/C20H22N6O3/c1-10-8-14(15-12(10)6-7-26(3)19(15)29)23-16-13(18(28)21-2)9-22-20(24-16)25-17(27)11-4-5-11/h6-11H,4-5H2,1-3H3,(H,21,28)(H2,22,23,24,25,27). The van der Waals surface area contributed by atoms with E-state index in [1.165, 1.54) is 17.8 Å². The molecule has 1 atom stereocenters.